The molecule has 0 amide bonds. The minimum Gasteiger partial charge on any atom is -0.305 e. The minimum atomic E-state index is -1.27. The Bertz CT molecular complexity index is 2160. The molecule has 2 nitrogen and oxygen atoms in total. The third-order valence-corrected chi connectivity index (χ3v) is 11.4. The van der Waals surface area contributed by atoms with Crippen molar-refractivity contribution >= 4 is 55.5 Å². The number of hydrogen-bond donors (Lipinski definition) is 0. The summed E-state index contributed by atoms with van der Waals surface area (Å²) in [7, 11) is -1.27. The first-order valence-electron chi connectivity index (χ1n) is 15.6. The van der Waals surface area contributed by atoms with Gasteiger partial charge in [-0.05, 0) is 58.4 Å². The molecule has 0 aliphatic carbocycles. The summed E-state index contributed by atoms with van der Waals surface area (Å²) in [4.78, 5) is 9.24. The first-order valence-corrected chi connectivity index (χ1v) is 19.4. The van der Waals surface area contributed by atoms with E-state index < -0.39 is 14.0 Å². The number of fused-ring (bicyclic) bond motifs is 5. The van der Waals surface area contributed by atoms with E-state index in [4.69, 9.17) is 1.37 Å². The summed E-state index contributed by atoms with van der Waals surface area (Å²) >= 11 is 1.80. The second kappa shape index (κ2) is 13.5. The zero-order chi connectivity index (χ0) is 31.9. The van der Waals surface area contributed by atoms with Gasteiger partial charge in [0.2, 0.25) is 0 Å². The van der Waals surface area contributed by atoms with Gasteiger partial charge in [-0.3, -0.25) is 4.98 Å². The van der Waals surface area contributed by atoms with Gasteiger partial charge in [0.25, 0.3) is 0 Å². The van der Waals surface area contributed by atoms with Gasteiger partial charge in [-0.1, -0.05) is 103 Å². The molecule has 0 aliphatic heterocycles. The number of nitrogens with zero attached hydrogens (tertiary/aromatic N) is 2. The summed E-state index contributed by atoms with van der Waals surface area (Å²) in [6, 6.07) is 36.2. The van der Waals surface area contributed by atoms with Crippen LogP contribution in [0.5, 0.6) is 0 Å². The molecular formula is C40H38IrN2SSi-2. The van der Waals surface area contributed by atoms with E-state index in [-0.39, 0.29) is 20.1 Å². The average molecular weight is 800 g/mol. The quantitative estimate of drug-likeness (QED) is 0.131. The van der Waals surface area contributed by atoms with Crippen LogP contribution in [0.3, 0.4) is 0 Å². The van der Waals surface area contributed by atoms with Crippen molar-refractivity contribution in [1.29, 1.82) is 0 Å². The van der Waals surface area contributed by atoms with Crippen LogP contribution in [0.1, 0.15) is 37.8 Å². The number of rotatable bonds is 4. The maximum Gasteiger partial charge on any atom is 0.0798 e. The van der Waals surface area contributed by atoms with Gasteiger partial charge < -0.3 is 4.98 Å². The predicted molar refractivity (Wildman–Crippen MR) is 194 cm³/mol. The van der Waals surface area contributed by atoms with Crippen molar-refractivity contribution in [3.05, 3.63) is 126 Å². The van der Waals surface area contributed by atoms with E-state index in [9.17, 15) is 0 Å². The third-order valence-electron chi connectivity index (χ3n) is 8.02. The molecule has 0 unspecified atom stereocenters. The van der Waals surface area contributed by atoms with Crippen LogP contribution in [0, 0.1) is 26.0 Å². The molecular weight excluding hydrogens is 761 g/mol. The molecule has 0 atom stereocenters. The summed E-state index contributed by atoms with van der Waals surface area (Å²) in [6.07, 6.45) is 3.87. The topological polar surface area (TPSA) is 25.8 Å². The van der Waals surface area contributed by atoms with E-state index in [0.29, 0.717) is 0 Å². The second-order valence-electron chi connectivity index (χ2n) is 12.7. The molecule has 7 rings (SSSR count). The first-order chi connectivity index (χ1) is 21.4. The van der Waals surface area contributed by atoms with E-state index in [1.54, 1.807) is 11.3 Å². The van der Waals surface area contributed by atoms with Gasteiger partial charge in [0.15, 0.2) is 0 Å². The summed E-state index contributed by atoms with van der Waals surface area (Å²) < 4.78 is 10.9. The average Bonchev–Trinajstić information content (AvgIpc) is 3.40. The van der Waals surface area contributed by atoms with Crippen LogP contribution >= 0.6 is 11.3 Å². The summed E-state index contributed by atoms with van der Waals surface area (Å²) in [5.41, 5.74) is 7.54. The Kier molecular flexibility index (Phi) is 9.44. The Morgan fingerprint density at radius 1 is 0.844 bits per heavy atom. The molecule has 5 heteroatoms. The van der Waals surface area contributed by atoms with Gasteiger partial charge in [-0.2, -0.15) is 11.3 Å². The Morgan fingerprint density at radius 3 is 2.33 bits per heavy atom. The molecule has 0 spiro atoms. The number of aromatic nitrogens is 2. The molecule has 45 heavy (non-hydrogen) atoms. The van der Waals surface area contributed by atoms with Crippen LogP contribution in [-0.2, 0) is 20.1 Å². The third kappa shape index (κ3) is 6.88. The maximum absolute atomic E-state index is 8.41. The minimum absolute atomic E-state index is 0. The molecule has 3 heterocycles. The smallest absolute Gasteiger partial charge is 0.0798 e. The fourth-order valence-corrected chi connectivity index (χ4v) is 8.69. The monoisotopic (exact) mass is 800 g/mol. The van der Waals surface area contributed by atoms with Crippen molar-refractivity contribution in [2.75, 3.05) is 0 Å². The Balaban J connectivity index is 0.000000200. The van der Waals surface area contributed by atoms with E-state index in [1.807, 2.05) is 50.4 Å². The van der Waals surface area contributed by atoms with Gasteiger partial charge in [0.1, 0.15) is 0 Å². The van der Waals surface area contributed by atoms with Crippen molar-refractivity contribution in [3.63, 3.8) is 0 Å². The molecule has 0 saturated carbocycles. The Hall–Kier alpha value is -3.47. The van der Waals surface area contributed by atoms with E-state index in [2.05, 4.69) is 116 Å². The van der Waals surface area contributed by atoms with Gasteiger partial charge in [0.05, 0.1) is 8.07 Å². The molecule has 4 aromatic carbocycles. The summed E-state index contributed by atoms with van der Waals surface area (Å²) in [5, 5.41) is 6.35. The normalized spacial score (nSPS) is 12.0. The maximum atomic E-state index is 8.41. The molecule has 0 aliphatic rings. The first kappa shape index (κ1) is 31.5. The van der Waals surface area contributed by atoms with Crippen LogP contribution in [-0.4, -0.2) is 18.0 Å². The summed E-state index contributed by atoms with van der Waals surface area (Å²) in [5.74, 6) is -0.662. The molecule has 0 N–H and O–H groups in total. The fourth-order valence-electron chi connectivity index (χ4n) is 5.76. The fraction of sp³-hybridized carbons (Fsp3) is 0.200. The van der Waals surface area contributed by atoms with Crippen molar-refractivity contribution in [2.45, 2.75) is 53.2 Å². The van der Waals surface area contributed by atoms with Crippen LogP contribution in [0.15, 0.2) is 97.3 Å². The molecule has 3 aromatic heterocycles. The van der Waals surface area contributed by atoms with Crippen LogP contribution < -0.4 is 5.19 Å². The van der Waals surface area contributed by atoms with E-state index >= 15 is 0 Å². The van der Waals surface area contributed by atoms with Crippen LogP contribution in [0.25, 0.3) is 53.5 Å². The van der Waals surface area contributed by atoms with Gasteiger partial charge in [-0.25, -0.2) is 0 Å². The van der Waals surface area contributed by atoms with Crippen LogP contribution in [0.2, 0.25) is 19.6 Å². The van der Waals surface area contributed by atoms with Gasteiger partial charge in [0, 0.05) is 44.3 Å². The van der Waals surface area contributed by atoms with Gasteiger partial charge >= 0.3 is 0 Å². The second-order valence-corrected chi connectivity index (χ2v) is 18.8. The number of pyridine rings is 2. The molecule has 0 bridgehead atoms. The van der Waals surface area contributed by atoms with Crippen LogP contribution in [0.4, 0.5) is 0 Å². The predicted octanol–water partition coefficient (Wildman–Crippen LogP) is 10.9. The van der Waals surface area contributed by atoms with E-state index in [1.165, 1.54) is 41.9 Å². The molecule has 7 aromatic rings. The van der Waals surface area contributed by atoms with Gasteiger partial charge in [-0.15, -0.1) is 53.4 Å². The zero-order valence-corrected chi connectivity index (χ0v) is 31.1. The number of thiophene rings is 1. The van der Waals surface area contributed by atoms with Crippen molar-refractivity contribution in [1.82, 2.24) is 9.97 Å². The Labute approximate surface area is 287 Å². The van der Waals surface area contributed by atoms with Crippen molar-refractivity contribution < 1.29 is 21.5 Å². The van der Waals surface area contributed by atoms with Crippen molar-refractivity contribution in [3.8, 4) is 22.5 Å². The SMILES string of the molecule is Cc1cc(-c2[c-]cccc2)ncc1[Si](C)(C)C.[2H]C(C)(C)c1ccnc(-c2[c-]c3cc(C)ccc3c3c2sc2ccccc23)c1.[Ir]. The molecule has 0 fully saturated rings. The molecule has 0 saturated heterocycles. The molecule has 1 radical (unpaired) electrons. The number of hydrogen-bond acceptors (Lipinski definition) is 3. The standard InChI is InChI=1S/C25H20NS.C15H18NSi.Ir/c1-15(2)17-10-11-26-22(14-17)21-13-18-12-16(3)8-9-19(18)24-20-6-4-5-7-23(20)27-25(21)24;1-12-10-14(13-8-6-5-7-9-13)16-11-15(12)17(2,3)4;/h4-12,14-15H,1-3H3;5-8,10-11H,1-4H3;/q2*-1;/i15D;;. The largest absolute Gasteiger partial charge is 0.305 e. The zero-order valence-electron chi connectivity index (χ0n) is 27.9. The van der Waals surface area contributed by atoms with E-state index in [0.717, 1.165) is 33.5 Å². The van der Waals surface area contributed by atoms with Crippen molar-refractivity contribution in [2.24, 2.45) is 0 Å². The Morgan fingerprint density at radius 2 is 1.62 bits per heavy atom. The summed E-state index contributed by atoms with van der Waals surface area (Å²) in [6.45, 7) is 15.2. The molecule has 229 valence electrons. The number of benzene rings is 4. The number of aryl methyl sites for hydroxylation is 2.